The van der Waals surface area contributed by atoms with Crippen molar-refractivity contribution in [3.05, 3.63) is 22.3 Å². The first-order chi connectivity index (χ1) is 13.7. The Balaban J connectivity index is 2.78. The zero-order valence-corrected chi connectivity index (χ0v) is 22.2. The van der Waals surface area contributed by atoms with Gasteiger partial charge in [0.15, 0.2) is 8.32 Å². The van der Waals surface area contributed by atoms with Gasteiger partial charge >= 0.3 is 6.09 Å². The van der Waals surface area contributed by atoms with Crippen molar-refractivity contribution in [2.45, 2.75) is 104 Å². The molecule has 0 aromatic carbocycles. The van der Waals surface area contributed by atoms with Gasteiger partial charge in [0.2, 0.25) is 0 Å². The van der Waals surface area contributed by atoms with Gasteiger partial charge in [0, 0.05) is 6.61 Å². The summed E-state index contributed by atoms with van der Waals surface area (Å²) < 4.78 is 11.9. The molecule has 0 saturated carbocycles. The maximum absolute atomic E-state index is 12.0. The van der Waals surface area contributed by atoms with Gasteiger partial charge in [0.05, 0.1) is 0 Å². The second-order valence-corrected chi connectivity index (χ2v) is 15.8. The Morgan fingerprint density at radius 1 is 1.13 bits per heavy atom. The number of halogens is 1. The van der Waals surface area contributed by atoms with Crippen molar-refractivity contribution in [3.8, 4) is 0 Å². The number of carbonyl (C=O) groups excluding carboxylic acids is 1. The lowest BCUT2D eigenvalue weighted by Crippen LogP contribution is -2.48. The van der Waals surface area contributed by atoms with Crippen molar-refractivity contribution >= 4 is 31.8 Å². The van der Waals surface area contributed by atoms with Gasteiger partial charge < -0.3 is 9.16 Å². The fourth-order valence-corrected chi connectivity index (χ4v) is 10.3. The SMILES string of the molecule is Cc1cc(NC(=O)OC(C)(C)C)nc(Cl)c1CCCO[Si](C(C)C)(C(C)C)C(C)C. The zero-order valence-electron chi connectivity index (χ0n) is 20.5. The fraction of sp³-hybridized carbons (Fsp3) is 0.739. The molecule has 1 amide bonds. The largest absolute Gasteiger partial charge is 0.444 e. The van der Waals surface area contributed by atoms with Crippen LogP contribution >= 0.6 is 11.6 Å². The summed E-state index contributed by atoms with van der Waals surface area (Å²) >= 11 is 6.44. The molecule has 172 valence electrons. The number of nitrogens with zero attached hydrogens (tertiary/aromatic N) is 1. The summed E-state index contributed by atoms with van der Waals surface area (Å²) in [5.74, 6) is 0.401. The second-order valence-electron chi connectivity index (χ2n) is 9.99. The van der Waals surface area contributed by atoms with E-state index in [0.717, 1.165) is 30.6 Å². The van der Waals surface area contributed by atoms with Crippen molar-refractivity contribution in [2.75, 3.05) is 11.9 Å². The standard InChI is InChI=1S/C23H41ClN2O3Si/c1-15(2)30(16(3)4,17(5)6)28-13-11-12-19-18(7)14-20(25-21(19)24)26-22(27)29-23(8,9)10/h14-17H,11-13H2,1-10H3,(H,25,26,27). The van der Waals surface area contributed by atoms with E-state index in [1.165, 1.54) is 0 Å². The molecule has 0 fully saturated rings. The summed E-state index contributed by atoms with van der Waals surface area (Å²) in [6.07, 6.45) is 1.15. The van der Waals surface area contributed by atoms with Crippen molar-refractivity contribution in [3.63, 3.8) is 0 Å². The minimum absolute atomic E-state index is 0.401. The minimum atomic E-state index is -1.85. The molecule has 1 aromatic rings. The molecule has 0 atom stereocenters. The van der Waals surface area contributed by atoms with Gasteiger partial charge in [-0.15, -0.1) is 0 Å². The smallest absolute Gasteiger partial charge is 0.413 e. The lowest BCUT2D eigenvalue weighted by atomic mass is 10.1. The summed E-state index contributed by atoms with van der Waals surface area (Å²) in [6.45, 7) is 22.0. The highest BCUT2D eigenvalue weighted by Gasteiger charge is 2.44. The molecule has 0 unspecified atom stereocenters. The van der Waals surface area contributed by atoms with Gasteiger partial charge in [-0.3, -0.25) is 5.32 Å². The van der Waals surface area contributed by atoms with Crippen molar-refractivity contribution < 1.29 is 14.0 Å². The molecular formula is C23H41ClN2O3Si. The van der Waals surface area contributed by atoms with Crippen LogP contribution in [0.2, 0.25) is 21.8 Å². The molecule has 1 rings (SSSR count). The number of anilines is 1. The first kappa shape index (κ1) is 26.9. The van der Waals surface area contributed by atoms with Gasteiger partial charge in [-0.2, -0.15) is 0 Å². The maximum Gasteiger partial charge on any atom is 0.413 e. The van der Waals surface area contributed by atoms with E-state index in [2.05, 4.69) is 51.8 Å². The van der Waals surface area contributed by atoms with Crippen LogP contribution in [0.5, 0.6) is 0 Å². The Hall–Kier alpha value is -1.11. The quantitative estimate of drug-likeness (QED) is 0.237. The molecule has 0 bridgehead atoms. The van der Waals surface area contributed by atoms with E-state index in [4.69, 9.17) is 20.8 Å². The monoisotopic (exact) mass is 456 g/mol. The highest BCUT2D eigenvalue weighted by Crippen LogP contribution is 2.42. The molecule has 1 heterocycles. The summed E-state index contributed by atoms with van der Waals surface area (Å²) in [5, 5.41) is 3.07. The van der Waals surface area contributed by atoms with Gasteiger partial charge in [-0.1, -0.05) is 53.1 Å². The fourth-order valence-electron chi connectivity index (χ4n) is 4.43. The van der Waals surface area contributed by atoms with Crippen LogP contribution in [0.1, 0.15) is 79.9 Å². The summed E-state index contributed by atoms with van der Waals surface area (Å²) in [7, 11) is -1.85. The maximum atomic E-state index is 12.0. The molecule has 0 aliphatic heterocycles. The molecule has 0 saturated heterocycles. The van der Waals surface area contributed by atoms with E-state index in [1.807, 2.05) is 33.8 Å². The number of aryl methyl sites for hydroxylation is 1. The number of ether oxygens (including phenoxy) is 1. The molecular weight excluding hydrogens is 416 g/mol. The van der Waals surface area contributed by atoms with Crippen LogP contribution < -0.4 is 5.32 Å². The average molecular weight is 457 g/mol. The van der Waals surface area contributed by atoms with Gasteiger partial charge in [0.1, 0.15) is 16.6 Å². The normalized spacial score (nSPS) is 12.7. The van der Waals surface area contributed by atoms with E-state index >= 15 is 0 Å². The highest BCUT2D eigenvalue weighted by molar-refractivity contribution is 6.77. The lowest BCUT2D eigenvalue weighted by molar-refractivity contribution is 0.0635. The zero-order chi connectivity index (χ0) is 23.3. The topological polar surface area (TPSA) is 60.5 Å². The first-order valence-electron chi connectivity index (χ1n) is 11.0. The molecule has 0 aliphatic carbocycles. The Bertz CT molecular complexity index is 670. The number of pyridine rings is 1. The van der Waals surface area contributed by atoms with E-state index < -0.39 is 20.0 Å². The number of rotatable bonds is 9. The predicted molar refractivity (Wildman–Crippen MR) is 129 cm³/mol. The van der Waals surface area contributed by atoms with Gasteiger partial charge in [0.25, 0.3) is 0 Å². The van der Waals surface area contributed by atoms with Crippen LogP contribution in [-0.2, 0) is 15.6 Å². The average Bonchev–Trinajstić information content (AvgIpc) is 2.53. The Kier molecular flexibility index (Phi) is 9.84. The van der Waals surface area contributed by atoms with Crippen LogP contribution in [0, 0.1) is 6.92 Å². The summed E-state index contributed by atoms with van der Waals surface area (Å²) in [5.41, 5.74) is 3.15. The third kappa shape index (κ3) is 7.24. The van der Waals surface area contributed by atoms with E-state index in [9.17, 15) is 4.79 Å². The van der Waals surface area contributed by atoms with E-state index in [-0.39, 0.29) is 0 Å². The molecule has 1 aromatic heterocycles. The van der Waals surface area contributed by atoms with Crippen molar-refractivity contribution in [1.82, 2.24) is 4.98 Å². The molecule has 0 spiro atoms. The predicted octanol–water partition coefficient (Wildman–Crippen LogP) is 7.52. The summed E-state index contributed by atoms with van der Waals surface area (Å²) in [4.78, 5) is 16.3. The molecule has 0 aliphatic rings. The van der Waals surface area contributed by atoms with Crippen molar-refractivity contribution in [1.29, 1.82) is 0 Å². The van der Waals surface area contributed by atoms with Crippen molar-refractivity contribution in [2.24, 2.45) is 0 Å². The van der Waals surface area contributed by atoms with Gasteiger partial charge in [-0.05, 0) is 74.4 Å². The number of nitrogens with one attached hydrogen (secondary N) is 1. The Morgan fingerprint density at radius 2 is 1.67 bits per heavy atom. The molecule has 7 heteroatoms. The van der Waals surface area contributed by atoms with Crippen LogP contribution in [0.15, 0.2) is 6.07 Å². The van der Waals surface area contributed by atoms with E-state index in [0.29, 0.717) is 27.6 Å². The highest BCUT2D eigenvalue weighted by atomic mass is 35.5. The minimum Gasteiger partial charge on any atom is -0.444 e. The van der Waals surface area contributed by atoms with Crippen LogP contribution in [0.25, 0.3) is 0 Å². The van der Waals surface area contributed by atoms with E-state index in [1.54, 1.807) is 0 Å². The second kappa shape index (κ2) is 11.0. The van der Waals surface area contributed by atoms with Crippen LogP contribution in [-0.4, -0.2) is 31.6 Å². The Morgan fingerprint density at radius 3 is 2.10 bits per heavy atom. The van der Waals surface area contributed by atoms with Crippen LogP contribution in [0.4, 0.5) is 10.6 Å². The number of hydrogen-bond acceptors (Lipinski definition) is 4. The number of amides is 1. The number of carbonyl (C=O) groups is 1. The molecule has 30 heavy (non-hydrogen) atoms. The summed E-state index contributed by atoms with van der Waals surface area (Å²) in [6, 6.07) is 1.83. The third-order valence-electron chi connectivity index (χ3n) is 5.56. The molecule has 1 N–H and O–H groups in total. The Labute approximate surface area is 189 Å². The number of aromatic nitrogens is 1. The first-order valence-corrected chi connectivity index (χ1v) is 13.5. The van der Waals surface area contributed by atoms with Gasteiger partial charge in [-0.25, -0.2) is 9.78 Å². The molecule has 0 radical (unpaired) electrons. The number of hydrogen-bond donors (Lipinski definition) is 1. The lowest BCUT2D eigenvalue weighted by Gasteiger charge is -2.42. The molecule has 5 nitrogen and oxygen atoms in total. The third-order valence-corrected chi connectivity index (χ3v) is 12.0. The van der Waals surface area contributed by atoms with Crippen LogP contribution in [0.3, 0.4) is 0 Å².